The monoisotopic (exact) mass is 349 g/mol. The van der Waals surface area contributed by atoms with E-state index in [2.05, 4.69) is 16.4 Å². The van der Waals surface area contributed by atoms with E-state index in [0.29, 0.717) is 19.8 Å². The fourth-order valence-corrected chi connectivity index (χ4v) is 3.93. The van der Waals surface area contributed by atoms with E-state index < -0.39 is 11.5 Å². The smallest absolute Gasteiger partial charge is 0.323 e. The lowest BCUT2D eigenvalue weighted by Gasteiger charge is -2.36. The molecule has 0 amide bonds. The average Bonchev–Trinajstić information content (AvgIpc) is 3.11. The number of ether oxygens (including phenoxy) is 1. The molecule has 128 valence electrons. The normalized spacial score (nSPS) is 16.7. The lowest BCUT2D eigenvalue weighted by atomic mass is 9.78. The number of aliphatic carboxylic acids is 1. The maximum absolute atomic E-state index is 12.3. The first kappa shape index (κ1) is 16.7. The first-order chi connectivity index (χ1) is 11.6. The summed E-state index contributed by atoms with van der Waals surface area (Å²) in [6.07, 6.45) is 4.56. The number of hydrogen-bond donors (Lipinski definition) is 2. The number of rotatable bonds is 6. The van der Waals surface area contributed by atoms with Gasteiger partial charge in [0.15, 0.2) is 5.82 Å². The molecule has 0 radical (unpaired) electrons. The van der Waals surface area contributed by atoms with E-state index in [1.807, 2.05) is 11.4 Å². The van der Waals surface area contributed by atoms with Gasteiger partial charge >= 0.3 is 5.97 Å². The van der Waals surface area contributed by atoms with E-state index >= 15 is 0 Å². The second kappa shape index (κ2) is 7.14. The van der Waals surface area contributed by atoms with Crippen LogP contribution in [0.1, 0.15) is 17.7 Å². The fraction of sp³-hybridized carbons (Fsp3) is 0.438. The van der Waals surface area contributed by atoms with Crippen LogP contribution >= 0.6 is 11.3 Å². The van der Waals surface area contributed by atoms with Crippen molar-refractivity contribution in [2.24, 2.45) is 0 Å². The molecule has 0 atom stereocenters. The van der Waals surface area contributed by atoms with E-state index in [9.17, 15) is 9.59 Å². The molecular weight excluding hydrogens is 330 g/mol. The van der Waals surface area contributed by atoms with E-state index in [1.54, 1.807) is 11.3 Å². The largest absolute Gasteiger partial charge is 0.480 e. The van der Waals surface area contributed by atoms with Crippen molar-refractivity contribution in [1.29, 1.82) is 0 Å². The Hall–Kier alpha value is -2.19. The van der Waals surface area contributed by atoms with Crippen molar-refractivity contribution in [3.63, 3.8) is 0 Å². The third kappa shape index (κ3) is 3.49. The van der Waals surface area contributed by atoms with Crippen molar-refractivity contribution in [3.8, 4) is 0 Å². The zero-order valence-electron chi connectivity index (χ0n) is 13.1. The van der Waals surface area contributed by atoms with Gasteiger partial charge in [0.1, 0.15) is 6.54 Å². The molecule has 7 nitrogen and oxygen atoms in total. The van der Waals surface area contributed by atoms with Crippen LogP contribution in [0.15, 0.2) is 34.7 Å². The number of carbonyl (C=O) groups is 1. The third-order valence-corrected chi connectivity index (χ3v) is 5.42. The van der Waals surface area contributed by atoms with Crippen molar-refractivity contribution < 1.29 is 14.6 Å². The van der Waals surface area contributed by atoms with Gasteiger partial charge < -0.3 is 15.2 Å². The number of thiophene rings is 1. The zero-order valence-corrected chi connectivity index (χ0v) is 13.9. The first-order valence-electron chi connectivity index (χ1n) is 7.74. The number of carboxylic acid groups (broad SMARTS) is 1. The van der Waals surface area contributed by atoms with Crippen LogP contribution in [0.4, 0.5) is 5.82 Å². The molecule has 0 unspecified atom stereocenters. The quantitative estimate of drug-likeness (QED) is 0.822. The van der Waals surface area contributed by atoms with Crippen LogP contribution in [0.25, 0.3) is 0 Å². The van der Waals surface area contributed by atoms with Crippen molar-refractivity contribution in [2.45, 2.75) is 24.8 Å². The van der Waals surface area contributed by atoms with Crippen molar-refractivity contribution in [2.75, 3.05) is 25.1 Å². The zero-order chi connectivity index (χ0) is 17.0. The van der Waals surface area contributed by atoms with Crippen LogP contribution in [0, 0.1) is 0 Å². The number of nitrogens with zero attached hydrogens (tertiary/aromatic N) is 2. The van der Waals surface area contributed by atoms with Crippen LogP contribution in [0.3, 0.4) is 0 Å². The van der Waals surface area contributed by atoms with Crippen LogP contribution in [-0.2, 0) is 21.5 Å². The molecule has 0 aromatic carbocycles. The van der Waals surface area contributed by atoms with Crippen molar-refractivity contribution >= 4 is 23.1 Å². The molecule has 0 aliphatic carbocycles. The summed E-state index contributed by atoms with van der Waals surface area (Å²) in [4.78, 5) is 28.5. The van der Waals surface area contributed by atoms with Gasteiger partial charge in [-0.2, -0.15) is 0 Å². The average molecular weight is 349 g/mol. The maximum Gasteiger partial charge on any atom is 0.323 e. The molecule has 2 aromatic heterocycles. The predicted octanol–water partition coefficient (Wildman–Crippen LogP) is 1.55. The van der Waals surface area contributed by atoms with Crippen molar-refractivity contribution in [3.05, 3.63) is 45.1 Å². The van der Waals surface area contributed by atoms with E-state index in [0.717, 1.165) is 17.4 Å². The third-order valence-electron chi connectivity index (χ3n) is 4.31. The van der Waals surface area contributed by atoms with Crippen molar-refractivity contribution in [1.82, 2.24) is 9.55 Å². The van der Waals surface area contributed by atoms with Gasteiger partial charge in [-0.3, -0.25) is 14.2 Å². The van der Waals surface area contributed by atoms with E-state index in [4.69, 9.17) is 9.84 Å². The van der Waals surface area contributed by atoms with Crippen LogP contribution in [0.2, 0.25) is 0 Å². The molecule has 0 spiro atoms. The number of nitrogens with one attached hydrogen (secondary N) is 1. The summed E-state index contributed by atoms with van der Waals surface area (Å²) in [5.74, 6) is -0.880. The van der Waals surface area contributed by atoms with Gasteiger partial charge in [0, 0.05) is 42.4 Å². The Labute approximate surface area is 142 Å². The Kier molecular flexibility index (Phi) is 4.96. The van der Waals surface area contributed by atoms with Gasteiger partial charge in [0.05, 0.1) is 0 Å². The number of anilines is 1. The highest BCUT2D eigenvalue weighted by Crippen LogP contribution is 2.37. The summed E-state index contributed by atoms with van der Waals surface area (Å²) in [7, 11) is 0. The molecule has 1 fully saturated rings. The van der Waals surface area contributed by atoms with E-state index in [-0.39, 0.29) is 17.8 Å². The minimum atomic E-state index is -1.06. The highest BCUT2D eigenvalue weighted by atomic mass is 32.1. The van der Waals surface area contributed by atoms with Gasteiger partial charge in [-0.15, -0.1) is 11.3 Å². The Bertz CT molecular complexity index is 751. The van der Waals surface area contributed by atoms with Gasteiger partial charge in [0.25, 0.3) is 5.56 Å². The summed E-state index contributed by atoms with van der Waals surface area (Å²) in [6.45, 7) is 1.56. The summed E-state index contributed by atoms with van der Waals surface area (Å²) >= 11 is 1.70. The molecule has 0 bridgehead atoms. The predicted molar refractivity (Wildman–Crippen MR) is 90.7 cm³/mol. The molecule has 2 N–H and O–H groups in total. The topological polar surface area (TPSA) is 93.4 Å². The highest BCUT2D eigenvalue weighted by molar-refractivity contribution is 7.10. The summed E-state index contributed by atoms with van der Waals surface area (Å²) in [5, 5.41) is 14.1. The number of hydrogen-bond acceptors (Lipinski definition) is 6. The molecule has 24 heavy (non-hydrogen) atoms. The van der Waals surface area contributed by atoms with Gasteiger partial charge in [-0.05, 0) is 24.3 Å². The Morgan fingerprint density at radius 2 is 2.25 bits per heavy atom. The molecular formula is C16H19N3O4S. The molecule has 1 aliphatic rings. The second-order valence-electron chi connectivity index (χ2n) is 5.83. The molecule has 1 saturated heterocycles. The maximum atomic E-state index is 12.3. The Morgan fingerprint density at radius 1 is 1.46 bits per heavy atom. The highest BCUT2D eigenvalue weighted by Gasteiger charge is 2.35. The Balaban J connectivity index is 1.81. The number of aromatic nitrogens is 2. The Morgan fingerprint density at radius 3 is 2.92 bits per heavy atom. The summed E-state index contributed by atoms with van der Waals surface area (Å²) in [6, 6.07) is 4.14. The summed E-state index contributed by atoms with van der Waals surface area (Å²) in [5.41, 5.74) is -0.512. The minimum Gasteiger partial charge on any atom is -0.480 e. The molecule has 0 saturated carbocycles. The SMILES string of the molecule is O=C(O)Cn1ccnc(NCC2(c3cccs3)CCOCC2)c1=O. The lowest BCUT2D eigenvalue weighted by Crippen LogP contribution is -2.40. The molecule has 8 heteroatoms. The first-order valence-corrected chi connectivity index (χ1v) is 8.61. The number of carboxylic acids is 1. The molecule has 3 heterocycles. The molecule has 3 rings (SSSR count). The molecule has 1 aliphatic heterocycles. The summed E-state index contributed by atoms with van der Waals surface area (Å²) < 4.78 is 6.63. The van der Waals surface area contributed by atoms with Crippen LogP contribution < -0.4 is 10.9 Å². The standard InChI is InChI=1S/C16H19N3O4S/c20-13(21)10-19-6-5-17-14(15(19)22)18-11-16(3-7-23-8-4-16)12-2-1-9-24-12/h1-2,5-6,9H,3-4,7-8,10-11H2,(H,17,18)(H,20,21). The van der Waals surface area contributed by atoms with Gasteiger partial charge in [-0.1, -0.05) is 6.07 Å². The van der Waals surface area contributed by atoms with Gasteiger partial charge in [-0.25, -0.2) is 4.98 Å². The van der Waals surface area contributed by atoms with E-state index in [1.165, 1.54) is 17.3 Å². The molecule has 2 aromatic rings. The minimum absolute atomic E-state index is 0.0893. The van der Waals surface area contributed by atoms with Crippen LogP contribution in [0.5, 0.6) is 0 Å². The lowest BCUT2D eigenvalue weighted by molar-refractivity contribution is -0.137. The van der Waals surface area contributed by atoms with Gasteiger partial charge in [0.2, 0.25) is 0 Å². The fourth-order valence-electron chi connectivity index (χ4n) is 2.94. The second-order valence-corrected chi connectivity index (χ2v) is 6.77. The van der Waals surface area contributed by atoms with Crippen LogP contribution in [-0.4, -0.2) is 40.4 Å².